The van der Waals surface area contributed by atoms with Gasteiger partial charge < -0.3 is 24.1 Å². The Kier molecular flexibility index (Phi) is 8.98. The summed E-state index contributed by atoms with van der Waals surface area (Å²) in [6, 6.07) is 0. The summed E-state index contributed by atoms with van der Waals surface area (Å²) in [6.45, 7) is 6.89. The van der Waals surface area contributed by atoms with Crippen LogP contribution in [-0.2, 0) is 28.5 Å². The highest BCUT2D eigenvalue weighted by atomic mass is 16.7. The van der Waals surface area contributed by atoms with Gasteiger partial charge in [0.25, 0.3) is 0 Å². The topological polar surface area (TPSA) is 91.3 Å². The third-order valence-corrected chi connectivity index (χ3v) is 4.68. The highest BCUT2D eigenvalue weighted by molar-refractivity contribution is 5.82. The predicted octanol–water partition coefficient (Wildman–Crippen LogP) is 3.31. The maximum absolute atomic E-state index is 11.4. The first-order valence-corrected chi connectivity index (χ1v) is 10.4. The van der Waals surface area contributed by atoms with Crippen molar-refractivity contribution >= 4 is 11.9 Å². The first-order chi connectivity index (χ1) is 14.6. The number of esters is 2. The van der Waals surface area contributed by atoms with Gasteiger partial charge in [0.05, 0.1) is 12.2 Å². The van der Waals surface area contributed by atoms with Crippen LogP contribution in [0.2, 0.25) is 0 Å². The Bertz CT molecular complexity index is 771. The van der Waals surface area contributed by atoms with Crippen molar-refractivity contribution in [2.45, 2.75) is 70.2 Å². The van der Waals surface area contributed by atoms with Crippen LogP contribution in [0.25, 0.3) is 0 Å². The van der Waals surface area contributed by atoms with Crippen molar-refractivity contribution in [3.63, 3.8) is 0 Å². The van der Waals surface area contributed by atoms with Gasteiger partial charge in [0.1, 0.15) is 18.3 Å². The zero-order chi connectivity index (χ0) is 22.9. The van der Waals surface area contributed by atoms with Crippen LogP contribution in [0.15, 0.2) is 60.8 Å². The van der Waals surface area contributed by atoms with Crippen LogP contribution in [0, 0.1) is 0 Å². The molecule has 0 aromatic heterocycles. The minimum atomic E-state index is -1.27. The van der Waals surface area contributed by atoms with Crippen LogP contribution in [-0.4, -0.2) is 53.4 Å². The Morgan fingerprint density at radius 2 is 1.97 bits per heavy atom. The van der Waals surface area contributed by atoms with E-state index in [1.54, 1.807) is 51.2 Å². The average Bonchev–Trinajstić information content (AvgIpc) is 2.67. The minimum Gasteiger partial charge on any atom is -0.462 e. The SMILES string of the molecule is CC(=O)OC/C=C/C=C\C=C/[C@H]1C[C@H]([C@](C)(O)/C=C/[C@H]2CC=CC(=O)O2)OC(C)(C)O1. The van der Waals surface area contributed by atoms with Gasteiger partial charge in [0, 0.05) is 25.8 Å². The molecule has 0 aromatic rings. The van der Waals surface area contributed by atoms with E-state index in [1.807, 2.05) is 24.3 Å². The number of cyclic esters (lactones) is 1. The molecule has 0 unspecified atom stereocenters. The molecular formula is C24H32O7. The molecule has 0 radical (unpaired) electrons. The lowest BCUT2D eigenvalue weighted by atomic mass is 9.91. The lowest BCUT2D eigenvalue weighted by Crippen LogP contribution is -2.52. The van der Waals surface area contributed by atoms with Gasteiger partial charge in [-0.15, -0.1) is 0 Å². The number of allylic oxidation sites excluding steroid dienone is 4. The summed E-state index contributed by atoms with van der Waals surface area (Å²) in [7, 11) is 0. The summed E-state index contributed by atoms with van der Waals surface area (Å²) in [4.78, 5) is 22.1. The van der Waals surface area contributed by atoms with E-state index in [-0.39, 0.29) is 24.6 Å². The fraction of sp³-hybridized carbons (Fsp3) is 0.500. The first kappa shape index (κ1) is 24.8. The standard InChI is InChI=1S/C24H32O7/c1-18(25)28-16-9-7-5-6-8-11-20-17-21(31-23(2,3)30-20)24(4,27)15-14-19-12-10-13-22(26)29-19/h5-11,13-15,19-21,27H,12,16-17H2,1-4H3/b6-5-,9-7+,11-8-,15-14+/t19-,20+,21-,24-/m1/s1. The van der Waals surface area contributed by atoms with Crippen LogP contribution in [0.1, 0.15) is 40.5 Å². The lowest BCUT2D eigenvalue weighted by molar-refractivity contribution is -0.311. The molecule has 1 saturated heterocycles. The zero-order valence-corrected chi connectivity index (χ0v) is 18.5. The molecule has 1 fully saturated rings. The van der Waals surface area contributed by atoms with Crippen LogP contribution in [0.3, 0.4) is 0 Å². The number of ether oxygens (including phenoxy) is 4. The van der Waals surface area contributed by atoms with Gasteiger partial charge >= 0.3 is 11.9 Å². The maximum atomic E-state index is 11.4. The van der Waals surface area contributed by atoms with Crippen LogP contribution < -0.4 is 0 Å². The van der Waals surface area contributed by atoms with E-state index in [1.165, 1.54) is 13.0 Å². The van der Waals surface area contributed by atoms with Crippen molar-refractivity contribution in [2.75, 3.05) is 6.61 Å². The Balaban J connectivity index is 1.94. The van der Waals surface area contributed by atoms with Crippen molar-refractivity contribution in [1.29, 1.82) is 0 Å². The van der Waals surface area contributed by atoms with Crippen molar-refractivity contribution in [1.82, 2.24) is 0 Å². The molecule has 0 amide bonds. The van der Waals surface area contributed by atoms with Crippen LogP contribution in [0.5, 0.6) is 0 Å². The molecule has 0 saturated carbocycles. The Morgan fingerprint density at radius 3 is 2.68 bits per heavy atom. The molecule has 0 aliphatic carbocycles. The second-order valence-corrected chi connectivity index (χ2v) is 8.10. The summed E-state index contributed by atoms with van der Waals surface area (Å²) < 4.78 is 21.9. The summed E-state index contributed by atoms with van der Waals surface area (Å²) in [5.74, 6) is -1.57. The zero-order valence-electron chi connectivity index (χ0n) is 18.5. The monoisotopic (exact) mass is 432 g/mol. The molecule has 0 bridgehead atoms. The summed E-state index contributed by atoms with van der Waals surface area (Å²) >= 11 is 0. The largest absolute Gasteiger partial charge is 0.462 e. The van der Waals surface area contributed by atoms with E-state index in [2.05, 4.69) is 0 Å². The summed E-state index contributed by atoms with van der Waals surface area (Å²) in [5.41, 5.74) is -1.27. The predicted molar refractivity (Wildman–Crippen MR) is 116 cm³/mol. The molecule has 2 aliphatic rings. The summed E-state index contributed by atoms with van der Waals surface area (Å²) in [5, 5.41) is 11.0. The van der Waals surface area contributed by atoms with E-state index in [0.29, 0.717) is 12.8 Å². The second kappa shape index (κ2) is 11.2. The smallest absolute Gasteiger partial charge is 0.331 e. The van der Waals surface area contributed by atoms with Crippen molar-refractivity contribution in [3.05, 3.63) is 60.8 Å². The first-order valence-electron chi connectivity index (χ1n) is 10.4. The van der Waals surface area contributed by atoms with E-state index in [0.717, 1.165) is 0 Å². The van der Waals surface area contributed by atoms with Crippen molar-refractivity contribution in [3.8, 4) is 0 Å². The summed E-state index contributed by atoms with van der Waals surface area (Å²) in [6.07, 6.45) is 17.3. The molecule has 170 valence electrons. The fourth-order valence-electron chi connectivity index (χ4n) is 3.20. The second-order valence-electron chi connectivity index (χ2n) is 8.10. The number of carbonyl (C=O) groups is 2. The third kappa shape index (κ3) is 9.04. The van der Waals surface area contributed by atoms with Crippen molar-refractivity contribution < 1.29 is 33.6 Å². The van der Waals surface area contributed by atoms with Crippen molar-refractivity contribution in [2.24, 2.45) is 0 Å². The van der Waals surface area contributed by atoms with Gasteiger partial charge in [-0.05, 0) is 32.9 Å². The van der Waals surface area contributed by atoms with E-state index >= 15 is 0 Å². The highest BCUT2D eigenvalue weighted by Gasteiger charge is 2.42. The molecule has 1 N–H and O–H groups in total. The van der Waals surface area contributed by atoms with E-state index in [4.69, 9.17) is 18.9 Å². The number of hydrogen-bond acceptors (Lipinski definition) is 7. The average molecular weight is 433 g/mol. The number of carbonyl (C=O) groups excluding carboxylic acids is 2. The Morgan fingerprint density at radius 1 is 1.23 bits per heavy atom. The molecule has 31 heavy (non-hydrogen) atoms. The molecule has 7 nitrogen and oxygen atoms in total. The number of hydrogen-bond donors (Lipinski definition) is 1. The molecule has 2 rings (SSSR count). The van der Waals surface area contributed by atoms with Gasteiger partial charge in [0.2, 0.25) is 0 Å². The lowest BCUT2D eigenvalue weighted by Gasteiger charge is -2.44. The highest BCUT2D eigenvalue weighted by Crippen LogP contribution is 2.33. The van der Waals surface area contributed by atoms with Gasteiger partial charge in [-0.2, -0.15) is 0 Å². The number of rotatable bonds is 8. The Hall–Kier alpha value is -2.48. The van der Waals surface area contributed by atoms with Gasteiger partial charge in [-0.25, -0.2) is 4.79 Å². The molecule has 0 aromatic carbocycles. The van der Waals surface area contributed by atoms with E-state index < -0.39 is 23.6 Å². The molecule has 0 spiro atoms. The van der Waals surface area contributed by atoms with Gasteiger partial charge in [-0.1, -0.05) is 42.5 Å². The molecule has 7 heteroatoms. The quantitative estimate of drug-likeness (QED) is 0.357. The number of aliphatic hydroxyl groups is 1. The molecule has 4 atom stereocenters. The molecule has 2 heterocycles. The third-order valence-electron chi connectivity index (χ3n) is 4.68. The van der Waals surface area contributed by atoms with Crippen LogP contribution >= 0.6 is 0 Å². The van der Waals surface area contributed by atoms with E-state index in [9.17, 15) is 14.7 Å². The van der Waals surface area contributed by atoms with Crippen LogP contribution in [0.4, 0.5) is 0 Å². The minimum absolute atomic E-state index is 0.237. The Labute approximate surface area is 183 Å². The maximum Gasteiger partial charge on any atom is 0.331 e. The molecule has 2 aliphatic heterocycles. The normalized spacial score (nSPS) is 28.4. The molecular weight excluding hydrogens is 400 g/mol. The van der Waals surface area contributed by atoms with Gasteiger partial charge in [-0.3, -0.25) is 4.79 Å². The van der Waals surface area contributed by atoms with Gasteiger partial charge in [0.15, 0.2) is 5.79 Å². The fourth-order valence-corrected chi connectivity index (χ4v) is 3.20.